The molecule has 0 N–H and O–H groups in total. The van der Waals surface area contributed by atoms with Crippen molar-refractivity contribution in [2.24, 2.45) is 0 Å². The Hall–Kier alpha value is -0.340. The highest BCUT2D eigenvalue weighted by atomic mass is 16.5. The van der Waals surface area contributed by atoms with E-state index < -0.39 is 0 Å². The summed E-state index contributed by atoms with van der Waals surface area (Å²) in [4.78, 5) is 0. The molecule has 2 heteroatoms. The van der Waals surface area contributed by atoms with Crippen molar-refractivity contribution in [2.45, 2.75) is 104 Å². The zero-order valence-corrected chi connectivity index (χ0v) is 16.8. The first kappa shape index (κ1) is 24.9. The molecule has 0 heterocycles. The summed E-state index contributed by atoms with van der Waals surface area (Å²) in [5.41, 5.74) is -0.0336. The Balaban J connectivity index is 0. The van der Waals surface area contributed by atoms with Gasteiger partial charge in [-0.25, -0.2) is 0 Å². The summed E-state index contributed by atoms with van der Waals surface area (Å²) in [6.45, 7) is 13.6. The third-order valence-electron chi connectivity index (χ3n) is 4.23. The first-order chi connectivity index (χ1) is 11.2. The van der Waals surface area contributed by atoms with Crippen molar-refractivity contribution in [2.75, 3.05) is 20.3 Å². The molecule has 0 aliphatic carbocycles. The molecule has 0 aromatic carbocycles. The quantitative estimate of drug-likeness (QED) is 0.240. The summed E-state index contributed by atoms with van der Waals surface area (Å²) in [6, 6.07) is 0. The van der Waals surface area contributed by atoms with Gasteiger partial charge in [-0.3, -0.25) is 0 Å². The van der Waals surface area contributed by atoms with Crippen LogP contribution in [0.25, 0.3) is 0 Å². The highest BCUT2D eigenvalue weighted by Crippen LogP contribution is 2.26. The minimum absolute atomic E-state index is 0.0336. The fraction of sp³-hybridized carbons (Fsp3) is 0.905. The van der Waals surface area contributed by atoms with Crippen LogP contribution in [0.15, 0.2) is 12.7 Å². The van der Waals surface area contributed by atoms with Gasteiger partial charge in [0.25, 0.3) is 0 Å². The van der Waals surface area contributed by atoms with Crippen LogP contribution in [0.2, 0.25) is 0 Å². The lowest BCUT2D eigenvalue weighted by atomic mass is 9.91. The molecule has 0 saturated heterocycles. The van der Waals surface area contributed by atoms with E-state index in [9.17, 15) is 0 Å². The molecule has 23 heavy (non-hydrogen) atoms. The maximum atomic E-state index is 5.80. The van der Waals surface area contributed by atoms with E-state index in [1.54, 1.807) is 0 Å². The number of unbranched alkanes of at least 4 members (excludes halogenated alkanes) is 6. The van der Waals surface area contributed by atoms with Gasteiger partial charge in [0, 0.05) is 13.7 Å². The Bertz CT molecular complexity index is 228. The van der Waals surface area contributed by atoms with Gasteiger partial charge in [-0.2, -0.15) is 0 Å². The van der Waals surface area contributed by atoms with E-state index in [1.165, 1.54) is 44.9 Å². The Labute approximate surface area is 147 Å². The van der Waals surface area contributed by atoms with Crippen LogP contribution in [0.3, 0.4) is 0 Å². The van der Waals surface area contributed by atoms with Crippen molar-refractivity contribution in [3.63, 3.8) is 0 Å². The second kappa shape index (κ2) is 19.7. The fourth-order valence-electron chi connectivity index (χ4n) is 2.68. The molecule has 0 aromatic heterocycles. The minimum Gasteiger partial charge on any atom is -0.379 e. The van der Waals surface area contributed by atoms with E-state index in [1.807, 2.05) is 13.2 Å². The van der Waals surface area contributed by atoms with E-state index >= 15 is 0 Å². The van der Waals surface area contributed by atoms with Crippen molar-refractivity contribution in [1.82, 2.24) is 0 Å². The molecule has 2 nitrogen and oxygen atoms in total. The van der Waals surface area contributed by atoms with Gasteiger partial charge in [-0.05, 0) is 26.2 Å². The number of hydrogen-bond donors (Lipinski definition) is 0. The fourth-order valence-corrected chi connectivity index (χ4v) is 2.68. The molecule has 0 aromatic rings. The normalized spacial score (nSPS) is 13.1. The monoisotopic (exact) mass is 328 g/mol. The Kier molecular flexibility index (Phi) is 21.3. The SMILES string of the molecule is C=CCC.CCCCCCCCCC(CCC)(COCC)OC. The van der Waals surface area contributed by atoms with Gasteiger partial charge >= 0.3 is 0 Å². The van der Waals surface area contributed by atoms with Crippen LogP contribution in [-0.4, -0.2) is 25.9 Å². The molecular formula is C21H44O2. The average Bonchev–Trinajstić information content (AvgIpc) is 2.59. The molecule has 0 amide bonds. The Morgan fingerprint density at radius 1 is 0.826 bits per heavy atom. The van der Waals surface area contributed by atoms with Crippen LogP contribution >= 0.6 is 0 Å². The van der Waals surface area contributed by atoms with Gasteiger partial charge in [0.05, 0.1) is 12.2 Å². The largest absolute Gasteiger partial charge is 0.379 e. The van der Waals surface area contributed by atoms with E-state index in [2.05, 4.69) is 34.3 Å². The summed E-state index contributed by atoms with van der Waals surface area (Å²) in [5.74, 6) is 0. The summed E-state index contributed by atoms with van der Waals surface area (Å²) in [6.07, 6.45) is 15.9. The first-order valence-electron chi connectivity index (χ1n) is 9.90. The third kappa shape index (κ3) is 16.3. The lowest BCUT2D eigenvalue weighted by Crippen LogP contribution is -2.37. The van der Waals surface area contributed by atoms with Crippen molar-refractivity contribution in [3.05, 3.63) is 12.7 Å². The number of ether oxygens (including phenoxy) is 2. The summed E-state index contributed by atoms with van der Waals surface area (Å²) in [5, 5.41) is 0. The molecule has 0 saturated carbocycles. The van der Waals surface area contributed by atoms with Gasteiger partial charge in [-0.15, -0.1) is 6.58 Å². The predicted molar refractivity (Wildman–Crippen MR) is 104 cm³/mol. The maximum absolute atomic E-state index is 5.80. The Morgan fingerprint density at radius 2 is 1.39 bits per heavy atom. The number of rotatable bonds is 15. The lowest BCUT2D eigenvalue weighted by Gasteiger charge is -2.32. The molecular weight excluding hydrogens is 284 g/mol. The molecule has 1 atom stereocenters. The molecule has 0 rings (SSSR count). The summed E-state index contributed by atoms with van der Waals surface area (Å²) in [7, 11) is 1.84. The highest BCUT2D eigenvalue weighted by Gasteiger charge is 2.28. The van der Waals surface area contributed by atoms with Crippen molar-refractivity contribution in [3.8, 4) is 0 Å². The Morgan fingerprint density at radius 3 is 1.83 bits per heavy atom. The maximum Gasteiger partial charge on any atom is 0.0910 e. The second-order valence-electron chi connectivity index (χ2n) is 6.34. The second-order valence-corrected chi connectivity index (χ2v) is 6.34. The first-order valence-corrected chi connectivity index (χ1v) is 9.90. The van der Waals surface area contributed by atoms with Crippen LogP contribution in [0, 0.1) is 0 Å². The predicted octanol–water partition coefficient (Wildman–Crippen LogP) is 6.93. The lowest BCUT2D eigenvalue weighted by molar-refractivity contribution is -0.0848. The smallest absolute Gasteiger partial charge is 0.0910 e. The van der Waals surface area contributed by atoms with Gasteiger partial charge in [0.1, 0.15) is 0 Å². The van der Waals surface area contributed by atoms with E-state index in [-0.39, 0.29) is 5.60 Å². The van der Waals surface area contributed by atoms with Crippen LogP contribution in [-0.2, 0) is 9.47 Å². The van der Waals surface area contributed by atoms with Crippen LogP contribution < -0.4 is 0 Å². The molecule has 1 unspecified atom stereocenters. The summed E-state index contributed by atoms with van der Waals surface area (Å²) >= 11 is 0. The molecule has 0 spiro atoms. The minimum atomic E-state index is -0.0336. The number of allylic oxidation sites excluding steroid dienone is 1. The zero-order chi connectivity index (χ0) is 17.8. The molecule has 140 valence electrons. The van der Waals surface area contributed by atoms with Gasteiger partial charge < -0.3 is 9.47 Å². The van der Waals surface area contributed by atoms with Crippen LogP contribution in [0.4, 0.5) is 0 Å². The molecule has 0 aliphatic heterocycles. The van der Waals surface area contributed by atoms with E-state index in [0.717, 1.165) is 38.9 Å². The van der Waals surface area contributed by atoms with E-state index in [4.69, 9.17) is 9.47 Å². The van der Waals surface area contributed by atoms with Gasteiger partial charge in [0.15, 0.2) is 0 Å². The number of hydrogen-bond acceptors (Lipinski definition) is 2. The van der Waals surface area contributed by atoms with Crippen molar-refractivity contribution < 1.29 is 9.47 Å². The van der Waals surface area contributed by atoms with Gasteiger partial charge in [0.2, 0.25) is 0 Å². The molecule has 0 radical (unpaired) electrons. The van der Waals surface area contributed by atoms with E-state index in [0.29, 0.717) is 0 Å². The average molecular weight is 329 g/mol. The summed E-state index contributed by atoms with van der Waals surface area (Å²) < 4.78 is 11.4. The van der Waals surface area contributed by atoms with Gasteiger partial charge in [-0.1, -0.05) is 78.2 Å². The molecule has 0 fully saturated rings. The topological polar surface area (TPSA) is 18.5 Å². The third-order valence-corrected chi connectivity index (χ3v) is 4.23. The van der Waals surface area contributed by atoms with Crippen LogP contribution in [0.5, 0.6) is 0 Å². The van der Waals surface area contributed by atoms with Crippen molar-refractivity contribution >= 4 is 0 Å². The highest BCUT2D eigenvalue weighted by molar-refractivity contribution is 4.80. The molecule has 0 aliphatic rings. The number of methoxy groups -OCH3 is 1. The zero-order valence-electron chi connectivity index (χ0n) is 16.8. The van der Waals surface area contributed by atoms with Crippen LogP contribution in [0.1, 0.15) is 98.3 Å². The standard InChI is InChI=1S/C17H36O2.C4H8/c1-5-8-9-10-11-12-13-15-17(18-4,14-6-2)16-19-7-3;1-3-4-2/h5-16H2,1-4H3;3H,1,4H2,2H3. The molecule has 0 bridgehead atoms. The van der Waals surface area contributed by atoms with Crippen molar-refractivity contribution in [1.29, 1.82) is 0 Å².